The summed E-state index contributed by atoms with van der Waals surface area (Å²) < 4.78 is 6.19. The normalized spacial score (nSPS) is 27.4. The van der Waals surface area contributed by atoms with Gasteiger partial charge in [-0.25, -0.2) is 0 Å². The van der Waals surface area contributed by atoms with Crippen molar-refractivity contribution >= 4 is 11.9 Å². The largest absolute Gasteiger partial charge is 0.481 e. The summed E-state index contributed by atoms with van der Waals surface area (Å²) in [5.74, 6) is -2.25. The Balaban J connectivity index is 1.79. The molecule has 0 radical (unpaired) electrons. The lowest BCUT2D eigenvalue weighted by Crippen LogP contribution is -2.63. The van der Waals surface area contributed by atoms with Crippen LogP contribution >= 0.6 is 0 Å². The Morgan fingerprint density at radius 2 is 1.88 bits per heavy atom. The fourth-order valence-electron chi connectivity index (χ4n) is 4.00. The number of fused-ring (bicyclic) bond motifs is 4. The third kappa shape index (κ3) is 2.47. The molecular weight excluding hydrogens is 318 g/mol. The Morgan fingerprint density at radius 1 is 1.20 bits per heavy atom. The summed E-state index contributed by atoms with van der Waals surface area (Å²) in [5, 5.41) is 9.73. The first-order valence-corrected chi connectivity index (χ1v) is 8.36. The fraction of sp³-hybridized carbons (Fsp3) is 0.300. The van der Waals surface area contributed by atoms with Crippen LogP contribution < -0.4 is 4.74 Å². The van der Waals surface area contributed by atoms with Crippen LogP contribution in [0, 0.1) is 5.92 Å². The number of carboxylic acid groups (broad SMARTS) is 1. The molecule has 1 saturated heterocycles. The number of ether oxygens (including phenoxy) is 1. The number of para-hydroxylation sites is 1. The quantitative estimate of drug-likeness (QED) is 0.874. The Hall–Kier alpha value is -2.82. The number of carboxylic acids is 1. The van der Waals surface area contributed by atoms with Crippen LogP contribution in [-0.2, 0) is 16.1 Å². The van der Waals surface area contributed by atoms with Gasteiger partial charge in [0.2, 0.25) is 5.91 Å². The van der Waals surface area contributed by atoms with Crippen molar-refractivity contribution < 1.29 is 19.4 Å². The molecule has 128 valence electrons. The van der Waals surface area contributed by atoms with Crippen molar-refractivity contribution in [1.29, 1.82) is 0 Å². The zero-order valence-corrected chi connectivity index (χ0v) is 13.9. The average molecular weight is 337 g/mol. The first-order valence-electron chi connectivity index (χ1n) is 8.36. The summed E-state index contributed by atoms with van der Waals surface area (Å²) in [7, 11) is 0. The van der Waals surface area contributed by atoms with Gasteiger partial charge in [-0.05, 0) is 24.1 Å². The van der Waals surface area contributed by atoms with Crippen LogP contribution in [0.25, 0.3) is 0 Å². The molecule has 3 unspecified atom stereocenters. The number of piperidine rings is 1. The van der Waals surface area contributed by atoms with Crippen LogP contribution in [0.2, 0.25) is 0 Å². The van der Waals surface area contributed by atoms with E-state index >= 15 is 0 Å². The predicted molar refractivity (Wildman–Crippen MR) is 91.0 cm³/mol. The molecule has 5 heteroatoms. The monoisotopic (exact) mass is 337 g/mol. The third-order valence-electron chi connectivity index (χ3n) is 5.20. The van der Waals surface area contributed by atoms with Crippen LogP contribution in [0.3, 0.4) is 0 Å². The van der Waals surface area contributed by atoms with E-state index in [-0.39, 0.29) is 11.8 Å². The van der Waals surface area contributed by atoms with Crippen LogP contribution in [0.4, 0.5) is 0 Å². The zero-order chi connectivity index (χ0) is 17.6. The molecule has 0 spiro atoms. The second-order valence-electron chi connectivity index (χ2n) is 6.85. The van der Waals surface area contributed by atoms with Gasteiger partial charge >= 0.3 is 5.97 Å². The number of aliphatic carboxylic acids is 1. The summed E-state index contributed by atoms with van der Waals surface area (Å²) in [5.41, 5.74) is 0.903. The topological polar surface area (TPSA) is 66.8 Å². The number of likely N-dealkylation sites (tertiary alicyclic amines) is 1. The fourth-order valence-corrected chi connectivity index (χ4v) is 4.00. The lowest BCUT2D eigenvalue weighted by Gasteiger charge is -2.52. The van der Waals surface area contributed by atoms with Crippen molar-refractivity contribution in [3.05, 3.63) is 65.7 Å². The maximum absolute atomic E-state index is 13.1. The summed E-state index contributed by atoms with van der Waals surface area (Å²) in [6.45, 7) is 2.20. The average Bonchev–Trinajstić information content (AvgIpc) is 2.59. The van der Waals surface area contributed by atoms with Crippen molar-refractivity contribution in [1.82, 2.24) is 4.90 Å². The van der Waals surface area contributed by atoms with Crippen LogP contribution in [0.5, 0.6) is 5.75 Å². The molecular formula is C20H19NO4. The molecule has 1 fully saturated rings. The first kappa shape index (κ1) is 15.7. The van der Waals surface area contributed by atoms with Crippen molar-refractivity contribution in [3.63, 3.8) is 0 Å². The number of hydrogen-bond donors (Lipinski definition) is 1. The number of hydrogen-bond acceptors (Lipinski definition) is 3. The molecule has 1 N–H and O–H groups in total. The van der Waals surface area contributed by atoms with Crippen LogP contribution in [0.1, 0.15) is 30.4 Å². The Kier molecular flexibility index (Phi) is 3.53. The first-order chi connectivity index (χ1) is 12.0. The van der Waals surface area contributed by atoms with E-state index in [4.69, 9.17) is 4.74 Å². The Morgan fingerprint density at radius 3 is 2.60 bits per heavy atom. The molecule has 2 aromatic rings. The molecule has 25 heavy (non-hydrogen) atoms. The predicted octanol–water partition coefficient (Wildman–Crippen LogP) is 3.01. The number of carbonyl (C=O) groups is 2. The summed E-state index contributed by atoms with van der Waals surface area (Å²) in [6.07, 6.45) is 0.472. The number of amides is 1. The maximum atomic E-state index is 13.1. The molecule has 0 saturated carbocycles. The Bertz CT molecular complexity index is 835. The van der Waals surface area contributed by atoms with Gasteiger partial charge in [0.25, 0.3) is 0 Å². The number of rotatable bonds is 3. The minimum atomic E-state index is -1.08. The zero-order valence-electron chi connectivity index (χ0n) is 13.9. The minimum absolute atomic E-state index is 0.328. The highest BCUT2D eigenvalue weighted by Gasteiger charge is 2.56. The van der Waals surface area contributed by atoms with E-state index in [0.29, 0.717) is 18.7 Å². The molecule has 2 bridgehead atoms. The third-order valence-corrected chi connectivity index (χ3v) is 5.20. The van der Waals surface area contributed by atoms with E-state index in [1.165, 1.54) is 0 Å². The molecule has 5 nitrogen and oxygen atoms in total. The summed E-state index contributed by atoms with van der Waals surface area (Å²) >= 11 is 0. The highest BCUT2D eigenvalue weighted by atomic mass is 16.5. The van der Waals surface area contributed by atoms with E-state index < -0.39 is 17.6 Å². The second-order valence-corrected chi connectivity index (χ2v) is 6.85. The van der Waals surface area contributed by atoms with E-state index in [0.717, 1.165) is 11.1 Å². The molecule has 0 aromatic heterocycles. The van der Waals surface area contributed by atoms with Gasteiger partial charge in [-0.1, -0.05) is 48.5 Å². The van der Waals surface area contributed by atoms with Gasteiger partial charge in [-0.15, -0.1) is 0 Å². The smallest absolute Gasteiger partial charge is 0.316 e. The van der Waals surface area contributed by atoms with Crippen LogP contribution in [-0.4, -0.2) is 27.6 Å². The van der Waals surface area contributed by atoms with Gasteiger partial charge in [0.05, 0.1) is 0 Å². The van der Waals surface area contributed by atoms with E-state index in [1.807, 2.05) is 61.5 Å². The van der Waals surface area contributed by atoms with Crippen molar-refractivity contribution in [2.45, 2.75) is 31.5 Å². The molecule has 1 amide bonds. The van der Waals surface area contributed by atoms with Gasteiger partial charge in [0.15, 0.2) is 5.72 Å². The van der Waals surface area contributed by atoms with E-state index in [1.54, 1.807) is 4.90 Å². The highest BCUT2D eigenvalue weighted by Crippen LogP contribution is 2.50. The number of benzene rings is 2. The SMILES string of the molecule is CC12CC(c3ccccc3O1)C(C(=O)O)C(=O)N2Cc1ccccc1. The van der Waals surface area contributed by atoms with Gasteiger partial charge in [0, 0.05) is 18.9 Å². The van der Waals surface area contributed by atoms with E-state index in [9.17, 15) is 14.7 Å². The van der Waals surface area contributed by atoms with Gasteiger partial charge in [0.1, 0.15) is 11.7 Å². The van der Waals surface area contributed by atoms with Crippen molar-refractivity contribution in [3.8, 4) is 5.75 Å². The molecule has 2 aromatic carbocycles. The maximum Gasteiger partial charge on any atom is 0.316 e. The van der Waals surface area contributed by atoms with Crippen molar-refractivity contribution in [2.24, 2.45) is 5.92 Å². The highest BCUT2D eigenvalue weighted by molar-refractivity contribution is 5.99. The molecule has 3 atom stereocenters. The molecule has 2 aliphatic rings. The molecule has 2 aliphatic heterocycles. The van der Waals surface area contributed by atoms with Crippen LogP contribution in [0.15, 0.2) is 54.6 Å². The number of nitrogens with zero attached hydrogens (tertiary/aromatic N) is 1. The molecule has 2 heterocycles. The standard InChI is InChI=1S/C20H19NO4/c1-20-11-15(14-9-5-6-10-16(14)25-20)17(19(23)24)18(22)21(20)12-13-7-3-2-4-8-13/h2-10,15,17H,11-12H2,1H3,(H,23,24). The summed E-state index contributed by atoms with van der Waals surface area (Å²) in [6, 6.07) is 17.0. The second kappa shape index (κ2) is 5.62. The lowest BCUT2D eigenvalue weighted by atomic mass is 9.73. The summed E-state index contributed by atoms with van der Waals surface area (Å²) in [4.78, 5) is 26.5. The van der Waals surface area contributed by atoms with Crippen molar-refractivity contribution in [2.75, 3.05) is 0 Å². The molecule has 0 aliphatic carbocycles. The lowest BCUT2D eigenvalue weighted by molar-refractivity contribution is -0.181. The number of carbonyl (C=O) groups excluding carboxylic acids is 1. The van der Waals surface area contributed by atoms with Gasteiger partial charge < -0.3 is 9.84 Å². The van der Waals surface area contributed by atoms with Gasteiger partial charge in [-0.2, -0.15) is 0 Å². The van der Waals surface area contributed by atoms with Gasteiger partial charge in [-0.3, -0.25) is 14.5 Å². The molecule has 4 rings (SSSR count). The Labute approximate surface area is 145 Å². The minimum Gasteiger partial charge on any atom is -0.481 e. The van der Waals surface area contributed by atoms with E-state index in [2.05, 4.69) is 0 Å².